The molecule has 3 heteroatoms. The van der Waals surface area contributed by atoms with Crippen LogP contribution in [0.3, 0.4) is 0 Å². The van der Waals surface area contributed by atoms with Crippen molar-refractivity contribution >= 4 is 11.7 Å². The third-order valence-electron chi connectivity index (χ3n) is 5.13. The predicted octanol–water partition coefficient (Wildman–Crippen LogP) is 3.01. The van der Waals surface area contributed by atoms with E-state index >= 15 is 0 Å². The van der Waals surface area contributed by atoms with Gasteiger partial charge in [0, 0.05) is 24.3 Å². The molecule has 0 heterocycles. The molecule has 1 amide bonds. The molecule has 21 heavy (non-hydrogen) atoms. The number of fused-ring (bicyclic) bond motifs is 2. The highest BCUT2D eigenvalue weighted by Gasteiger charge is 2.41. The minimum Gasteiger partial charge on any atom is -0.352 e. The van der Waals surface area contributed by atoms with E-state index in [1.807, 2.05) is 12.1 Å². The number of Topliss-reactive ketones (excluding diaryl/α,β-unsaturated/α-hetero) is 1. The lowest BCUT2D eigenvalue weighted by Gasteiger charge is -2.37. The fourth-order valence-electron chi connectivity index (χ4n) is 3.83. The molecule has 0 saturated heterocycles. The highest BCUT2D eigenvalue weighted by atomic mass is 16.2. The van der Waals surface area contributed by atoms with E-state index in [0.717, 1.165) is 37.7 Å². The molecule has 1 aromatic rings. The Bertz CT molecular complexity index is 536. The Morgan fingerprint density at radius 3 is 2.52 bits per heavy atom. The summed E-state index contributed by atoms with van der Waals surface area (Å²) in [6, 6.07) is 8.12. The Labute approximate surface area is 126 Å². The molecule has 0 aliphatic heterocycles. The van der Waals surface area contributed by atoms with Crippen molar-refractivity contribution in [1.82, 2.24) is 5.32 Å². The number of hydrogen-bond donors (Lipinski definition) is 1. The van der Waals surface area contributed by atoms with Gasteiger partial charge >= 0.3 is 0 Å². The van der Waals surface area contributed by atoms with E-state index in [1.54, 1.807) is 0 Å². The van der Waals surface area contributed by atoms with Crippen molar-refractivity contribution in [2.45, 2.75) is 45.6 Å². The minimum absolute atomic E-state index is 0.0296. The van der Waals surface area contributed by atoms with Gasteiger partial charge in [0.25, 0.3) is 0 Å². The van der Waals surface area contributed by atoms with E-state index in [-0.39, 0.29) is 23.7 Å². The average molecular weight is 285 g/mol. The number of carbonyl (C=O) groups excluding carboxylic acids is 2. The molecular formula is C18H23NO2. The van der Waals surface area contributed by atoms with Crippen molar-refractivity contribution in [3.8, 4) is 0 Å². The second-order valence-electron chi connectivity index (χ2n) is 6.54. The van der Waals surface area contributed by atoms with Gasteiger partial charge in [-0.05, 0) is 43.7 Å². The van der Waals surface area contributed by atoms with Gasteiger partial charge < -0.3 is 5.32 Å². The van der Waals surface area contributed by atoms with Crippen LogP contribution in [0.15, 0.2) is 24.3 Å². The molecule has 1 N–H and O–H groups in total. The molecule has 0 aromatic heterocycles. The van der Waals surface area contributed by atoms with Gasteiger partial charge in [-0.3, -0.25) is 9.59 Å². The molecule has 2 bridgehead atoms. The van der Waals surface area contributed by atoms with Crippen molar-refractivity contribution in [1.29, 1.82) is 0 Å². The van der Waals surface area contributed by atoms with Crippen LogP contribution in [0.5, 0.6) is 0 Å². The van der Waals surface area contributed by atoms with Gasteiger partial charge in [-0.2, -0.15) is 0 Å². The SMILES string of the molecule is Cc1ccccc1CNC(=O)C1C[C@H]2CCC[C@@H](C1)C2=O. The fraction of sp³-hybridized carbons (Fsp3) is 0.556. The quantitative estimate of drug-likeness (QED) is 0.928. The lowest BCUT2D eigenvalue weighted by molar-refractivity contribution is -0.137. The highest BCUT2D eigenvalue weighted by molar-refractivity contribution is 5.88. The summed E-state index contributed by atoms with van der Waals surface area (Å²) in [5.41, 5.74) is 2.37. The maximum absolute atomic E-state index is 12.4. The lowest BCUT2D eigenvalue weighted by Crippen LogP contribution is -2.42. The van der Waals surface area contributed by atoms with E-state index in [9.17, 15) is 9.59 Å². The molecule has 1 unspecified atom stereocenters. The van der Waals surface area contributed by atoms with Crippen LogP contribution >= 0.6 is 0 Å². The Morgan fingerprint density at radius 2 is 1.86 bits per heavy atom. The molecule has 3 nitrogen and oxygen atoms in total. The first-order valence-electron chi connectivity index (χ1n) is 8.01. The minimum atomic E-state index is 0.0296. The first-order valence-corrected chi connectivity index (χ1v) is 8.01. The molecule has 2 fully saturated rings. The first kappa shape index (κ1) is 14.3. The monoisotopic (exact) mass is 285 g/mol. The Morgan fingerprint density at radius 1 is 1.19 bits per heavy atom. The molecule has 1 aromatic carbocycles. The third-order valence-corrected chi connectivity index (χ3v) is 5.13. The molecule has 112 valence electrons. The number of nitrogens with one attached hydrogen (secondary N) is 1. The summed E-state index contributed by atoms with van der Waals surface area (Å²) in [6.07, 6.45) is 4.64. The van der Waals surface area contributed by atoms with Crippen LogP contribution in [-0.4, -0.2) is 11.7 Å². The summed E-state index contributed by atoms with van der Waals surface area (Å²) in [6.45, 7) is 2.65. The molecule has 0 spiro atoms. The van der Waals surface area contributed by atoms with Crippen LogP contribution in [0.25, 0.3) is 0 Å². The molecule has 3 atom stereocenters. The van der Waals surface area contributed by atoms with E-state index in [1.165, 1.54) is 5.56 Å². The standard InChI is InChI=1S/C18H23NO2/c1-12-5-2-3-6-15(12)11-19-18(21)16-9-13-7-4-8-14(10-16)17(13)20/h2-3,5-6,13-14,16H,4,7-11H2,1H3,(H,19,21)/t13-,14+,16?. The normalized spacial score (nSPS) is 28.2. The summed E-state index contributed by atoms with van der Waals surface area (Å²) in [4.78, 5) is 24.5. The highest BCUT2D eigenvalue weighted by Crippen LogP contribution is 2.40. The lowest BCUT2D eigenvalue weighted by atomic mass is 9.67. The second-order valence-corrected chi connectivity index (χ2v) is 6.54. The largest absolute Gasteiger partial charge is 0.352 e. The van der Waals surface area contributed by atoms with Gasteiger partial charge in [-0.25, -0.2) is 0 Å². The van der Waals surface area contributed by atoms with Crippen molar-refractivity contribution in [2.75, 3.05) is 0 Å². The van der Waals surface area contributed by atoms with Gasteiger partial charge in [-0.1, -0.05) is 30.7 Å². The maximum atomic E-state index is 12.4. The number of ketones is 1. The van der Waals surface area contributed by atoms with Crippen LogP contribution in [0.2, 0.25) is 0 Å². The van der Waals surface area contributed by atoms with E-state index in [4.69, 9.17) is 0 Å². The Hall–Kier alpha value is -1.64. The van der Waals surface area contributed by atoms with Crippen molar-refractivity contribution in [3.05, 3.63) is 35.4 Å². The predicted molar refractivity (Wildman–Crippen MR) is 81.6 cm³/mol. The number of rotatable bonds is 3. The zero-order chi connectivity index (χ0) is 14.8. The number of benzene rings is 1. The van der Waals surface area contributed by atoms with Crippen molar-refractivity contribution < 1.29 is 9.59 Å². The molecular weight excluding hydrogens is 262 g/mol. The van der Waals surface area contributed by atoms with E-state index < -0.39 is 0 Å². The first-order chi connectivity index (χ1) is 10.1. The maximum Gasteiger partial charge on any atom is 0.223 e. The summed E-state index contributed by atoms with van der Waals surface area (Å²) in [7, 11) is 0. The van der Waals surface area contributed by atoms with Crippen LogP contribution in [0.4, 0.5) is 0 Å². The molecule has 2 saturated carbocycles. The Kier molecular flexibility index (Phi) is 4.09. The molecule has 2 aliphatic rings. The summed E-state index contributed by atoms with van der Waals surface area (Å²) in [5.74, 6) is 0.868. The zero-order valence-electron chi connectivity index (χ0n) is 12.6. The summed E-state index contributed by atoms with van der Waals surface area (Å²) in [5, 5.41) is 3.06. The van der Waals surface area contributed by atoms with Gasteiger partial charge in [-0.15, -0.1) is 0 Å². The summed E-state index contributed by atoms with van der Waals surface area (Å²) < 4.78 is 0. The van der Waals surface area contributed by atoms with Crippen LogP contribution < -0.4 is 5.32 Å². The summed E-state index contributed by atoms with van der Waals surface area (Å²) >= 11 is 0. The fourth-order valence-corrected chi connectivity index (χ4v) is 3.83. The van der Waals surface area contributed by atoms with Crippen LogP contribution in [0.1, 0.15) is 43.2 Å². The molecule has 0 radical (unpaired) electrons. The average Bonchev–Trinajstić information content (AvgIpc) is 2.46. The van der Waals surface area contributed by atoms with Gasteiger partial charge in [0.15, 0.2) is 0 Å². The van der Waals surface area contributed by atoms with Crippen LogP contribution in [0, 0.1) is 24.7 Å². The number of amides is 1. The van der Waals surface area contributed by atoms with Crippen LogP contribution in [-0.2, 0) is 16.1 Å². The van der Waals surface area contributed by atoms with Crippen molar-refractivity contribution in [2.24, 2.45) is 17.8 Å². The van der Waals surface area contributed by atoms with Gasteiger partial charge in [0.05, 0.1) is 0 Å². The zero-order valence-corrected chi connectivity index (χ0v) is 12.6. The number of hydrogen-bond acceptors (Lipinski definition) is 2. The van der Waals surface area contributed by atoms with Gasteiger partial charge in [0.1, 0.15) is 5.78 Å². The topological polar surface area (TPSA) is 46.2 Å². The molecule has 2 aliphatic carbocycles. The van der Waals surface area contributed by atoms with Crippen molar-refractivity contribution in [3.63, 3.8) is 0 Å². The number of aryl methyl sites for hydroxylation is 1. The Balaban J connectivity index is 1.59. The van der Waals surface area contributed by atoms with E-state index in [0.29, 0.717) is 12.3 Å². The molecule has 3 rings (SSSR count). The van der Waals surface area contributed by atoms with E-state index in [2.05, 4.69) is 24.4 Å². The van der Waals surface area contributed by atoms with Gasteiger partial charge in [0.2, 0.25) is 5.91 Å². The number of carbonyl (C=O) groups is 2. The second kappa shape index (κ2) is 6.00. The smallest absolute Gasteiger partial charge is 0.223 e. The third kappa shape index (κ3) is 3.02.